The summed E-state index contributed by atoms with van der Waals surface area (Å²) in [5, 5.41) is 2.46. The van der Waals surface area contributed by atoms with Crippen LogP contribution in [-0.2, 0) is 21.1 Å². The van der Waals surface area contributed by atoms with Gasteiger partial charge < -0.3 is 10.1 Å². The Labute approximate surface area is 160 Å². The highest BCUT2D eigenvalue weighted by Gasteiger charge is 2.47. The fraction of sp³-hybridized carbons (Fsp3) is 0.316. The number of ether oxygens (including phenoxy) is 1. The zero-order chi connectivity index (χ0) is 20.9. The number of halogens is 3. The number of carbonyl (C=O) groups is 1. The Balaban J connectivity index is 2.18. The maximum absolute atomic E-state index is 15.3. The minimum atomic E-state index is -3.74. The van der Waals surface area contributed by atoms with Gasteiger partial charge in [-0.25, -0.2) is 21.6 Å². The maximum atomic E-state index is 15.3. The number of benzene rings is 2. The molecule has 0 saturated carbocycles. The largest absolute Gasteiger partial charge is 0.457 e. The zero-order valence-corrected chi connectivity index (χ0v) is 16.2. The van der Waals surface area contributed by atoms with Gasteiger partial charge in [-0.2, -0.15) is 0 Å². The predicted octanol–water partition coefficient (Wildman–Crippen LogP) is 3.62. The molecule has 150 valence electrons. The minimum absolute atomic E-state index is 0.0594. The number of hydrogen-bond acceptors (Lipinski definition) is 4. The Kier molecular flexibility index (Phi) is 4.91. The lowest BCUT2D eigenvalue weighted by molar-refractivity contribution is -0.120. The average molecular weight is 413 g/mol. The van der Waals surface area contributed by atoms with E-state index in [9.17, 15) is 22.0 Å². The van der Waals surface area contributed by atoms with Gasteiger partial charge in [0.1, 0.15) is 28.8 Å². The van der Waals surface area contributed by atoms with Crippen LogP contribution in [0.2, 0.25) is 0 Å². The van der Waals surface area contributed by atoms with E-state index in [1.165, 1.54) is 26.0 Å². The maximum Gasteiger partial charge on any atom is 0.217 e. The van der Waals surface area contributed by atoms with Crippen LogP contribution in [0.3, 0.4) is 0 Å². The van der Waals surface area contributed by atoms with Gasteiger partial charge >= 0.3 is 0 Å². The third-order valence-corrected chi connectivity index (χ3v) is 5.65. The lowest BCUT2D eigenvalue weighted by atomic mass is 9.99. The number of amides is 1. The van der Waals surface area contributed by atoms with Crippen molar-refractivity contribution in [1.82, 2.24) is 5.32 Å². The number of fused-ring (bicyclic) bond motifs is 1. The second-order valence-electron chi connectivity index (χ2n) is 7.02. The molecule has 2 unspecified atom stereocenters. The third-order valence-electron chi connectivity index (χ3n) is 4.50. The van der Waals surface area contributed by atoms with Gasteiger partial charge in [0, 0.05) is 48.9 Å². The summed E-state index contributed by atoms with van der Waals surface area (Å²) in [6, 6.07) is 3.91. The fourth-order valence-corrected chi connectivity index (χ4v) is 4.39. The molecule has 0 spiro atoms. The molecule has 2 aromatic carbocycles. The summed E-state index contributed by atoms with van der Waals surface area (Å²) in [7, 11) is -3.74. The highest BCUT2D eigenvalue weighted by atomic mass is 32.2. The molecule has 0 aliphatic heterocycles. The Bertz CT molecular complexity index is 1050. The molecule has 1 aliphatic rings. The number of sulfone groups is 1. The lowest BCUT2D eigenvalue weighted by Crippen LogP contribution is -2.38. The van der Waals surface area contributed by atoms with Gasteiger partial charge in [0.05, 0.1) is 10.9 Å². The monoisotopic (exact) mass is 413 g/mol. The van der Waals surface area contributed by atoms with Gasteiger partial charge in [0.15, 0.2) is 9.84 Å². The summed E-state index contributed by atoms with van der Waals surface area (Å²) in [5.74, 6) is -2.34. The van der Waals surface area contributed by atoms with Crippen molar-refractivity contribution in [1.29, 1.82) is 0 Å². The van der Waals surface area contributed by atoms with E-state index < -0.39 is 39.1 Å². The van der Waals surface area contributed by atoms with Gasteiger partial charge in [-0.15, -0.1) is 0 Å². The summed E-state index contributed by atoms with van der Waals surface area (Å²) in [6.45, 7) is 2.44. The van der Waals surface area contributed by atoms with Crippen LogP contribution >= 0.6 is 0 Å². The van der Waals surface area contributed by atoms with E-state index in [0.717, 1.165) is 18.4 Å². The zero-order valence-electron chi connectivity index (χ0n) is 15.3. The van der Waals surface area contributed by atoms with Gasteiger partial charge in [0.2, 0.25) is 5.91 Å². The van der Waals surface area contributed by atoms with Crippen LogP contribution in [0, 0.1) is 11.6 Å². The predicted molar refractivity (Wildman–Crippen MR) is 95.8 cm³/mol. The molecule has 0 radical (unpaired) electrons. The van der Waals surface area contributed by atoms with Crippen molar-refractivity contribution in [3.8, 4) is 11.5 Å². The van der Waals surface area contributed by atoms with Crippen LogP contribution in [-0.4, -0.2) is 26.2 Å². The van der Waals surface area contributed by atoms with Crippen LogP contribution in [0.25, 0.3) is 0 Å². The van der Waals surface area contributed by atoms with Crippen LogP contribution in [0.15, 0.2) is 35.2 Å². The van der Waals surface area contributed by atoms with E-state index >= 15 is 4.39 Å². The SMILES string of the molecule is CC(=O)NC1c2c(S(C)(=O)=O)ccc(Oc3cc(F)cc(F)c3)c2CC1(C)F. The van der Waals surface area contributed by atoms with E-state index in [1.807, 2.05) is 0 Å². The van der Waals surface area contributed by atoms with Crippen LogP contribution < -0.4 is 10.1 Å². The van der Waals surface area contributed by atoms with Gasteiger partial charge in [-0.3, -0.25) is 4.79 Å². The van der Waals surface area contributed by atoms with E-state index in [1.54, 1.807) is 0 Å². The van der Waals surface area contributed by atoms with Gasteiger partial charge in [0.25, 0.3) is 0 Å². The van der Waals surface area contributed by atoms with Gasteiger partial charge in [-0.1, -0.05) is 0 Å². The normalized spacial score (nSPS) is 21.3. The number of carbonyl (C=O) groups excluding carboxylic acids is 1. The molecule has 0 heterocycles. The smallest absolute Gasteiger partial charge is 0.217 e. The Morgan fingerprint density at radius 3 is 2.36 bits per heavy atom. The molecular formula is C19H18F3NO4S. The first-order valence-corrected chi connectivity index (χ1v) is 10.2. The van der Waals surface area contributed by atoms with Crippen molar-refractivity contribution in [2.24, 2.45) is 0 Å². The third kappa shape index (κ3) is 3.84. The van der Waals surface area contributed by atoms with Crippen molar-refractivity contribution in [2.45, 2.75) is 36.9 Å². The molecule has 3 rings (SSSR count). The van der Waals surface area contributed by atoms with E-state index in [2.05, 4.69) is 5.32 Å². The Morgan fingerprint density at radius 2 is 1.82 bits per heavy atom. The van der Waals surface area contributed by atoms with E-state index in [4.69, 9.17) is 4.74 Å². The summed E-state index contributed by atoms with van der Waals surface area (Å²) in [6.07, 6.45) is 0.730. The first-order valence-electron chi connectivity index (χ1n) is 8.34. The highest BCUT2D eigenvalue weighted by Crippen LogP contribution is 2.48. The number of alkyl halides is 1. The standard InChI is InChI=1S/C19H18F3NO4S/c1-10(24)23-18-17-14(9-19(18,2)22)15(4-5-16(17)28(3,25)26)27-13-7-11(20)6-12(21)8-13/h4-8,18H,9H2,1-3H3,(H,23,24). The van der Waals surface area contributed by atoms with Crippen molar-refractivity contribution >= 4 is 15.7 Å². The fourth-order valence-electron chi connectivity index (χ4n) is 3.43. The first kappa shape index (κ1) is 20.2. The second kappa shape index (κ2) is 6.80. The molecule has 9 heteroatoms. The van der Waals surface area contributed by atoms with Crippen LogP contribution in [0.1, 0.15) is 31.0 Å². The molecular weight excluding hydrogens is 395 g/mol. The first-order chi connectivity index (χ1) is 12.9. The molecule has 0 fully saturated rings. The van der Waals surface area contributed by atoms with Crippen molar-refractivity contribution in [3.63, 3.8) is 0 Å². The van der Waals surface area contributed by atoms with E-state index in [-0.39, 0.29) is 33.9 Å². The van der Waals surface area contributed by atoms with Crippen molar-refractivity contribution in [3.05, 3.63) is 53.1 Å². The lowest BCUT2D eigenvalue weighted by Gasteiger charge is -2.25. The quantitative estimate of drug-likeness (QED) is 0.831. The molecule has 1 amide bonds. The molecule has 1 N–H and O–H groups in total. The van der Waals surface area contributed by atoms with Crippen molar-refractivity contribution < 1.29 is 31.1 Å². The molecule has 5 nitrogen and oxygen atoms in total. The molecule has 0 aromatic heterocycles. The highest BCUT2D eigenvalue weighted by molar-refractivity contribution is 7.90. The summed E-state index contributed by atoms with van der Waals surface area (Å²) in [5.41, 5.74) is -1.69. The summed E-state index contributed by atoms with van der Waals surface area (Å²) in [4.78, 5) is 11.4. The molecule has 2 atom stereocenters. The number of hydrogen-bond donors (Lipinski definition) is 1. The van der Waals surface area contributed by atoms with Crippen LogP contribution in [0.5, 0.6) is 11.5 Å². The van der Waals surface area contributed by atoms with Crippen LogP contribution in [0.4, 0.5) is 13.2 Å². The molecule has 1 aliphatic carbocycles. The Hall–Kier alpha value is -2.55. The minimum Gasteiger partial charge on any atom is -0.457 e. The number of rotatable bonds is 4. The summed E-state index contributed by atoms with van der Waals surface area (Å²) < 4.78 is 72.1. The molecule has 28 heavy (non-hydrogen) atoms. The number of nitrogens with one attached hydrogen (secondary N) is 1. The molecule has 0 saturated heterocycles. The Morgan fingerprint density at radius 1 is 1.21 bits per heavy atom. The molecule has 0 bridgehead atoms. The van der Waals surface area contributed by atoms with Crippen molar-refractivity contribution in [2.75, 3.05) is 6.26 Å². The van der Waals surface area contributed by atoms with E-state index in [0.29, 0.717) is 6.07 Å². The molecule has 2 aromatic rings. The summed E-state index contributed by atoms with van der Waals surface area (Å²) >= 11 is 0. The second-order valence-corrected chi connectivity index (χ2v) is 9.01. The van der Waals surface area contributed by atoms with Gasteiger partial charge in [-0.05, 0) is 19.1 Å². The average Bonchev–Trinajstić information content (AvgIpc) is 2.77. The topological polar surface area (TPSA) is 72.5 Å².